The molecule has 0 aliphatic heterocycles. The van der Waals surface area contributed by atoms with Gasteiger partial charge in [-0.2, -0.15) is 0 Å². The Balaban J connectivity index is 4.35. The summed E-state index contributed by atoms with van der Waals surface area (Å²) in [6.07, 6.45) is 5.05. The van der Waals surface area contributed by atoms with Crippen molar-refractivity contribution >= 4 is 11.9 Å². The summed E-state index contributed by atoms with van der Waals surface area (Å²) in [6, 6.07) is 0. The highest BCUT2D eigenvalue weighted by molar-refractivity contribution is 5.74. The second kappa shape index (κ2) is 8.09. The molecule has 0 aromatic heterocycles. The summed E-state index contributed by atoms with van der Waals surface area (Å²) in [4.78, 5) is 21.8. The molecule has 0 saturated carbocycles. The third kappa shape index (κ3) is 5.71. The van der Waals surface area contributed by atoms with Gasteiger partial charge in [0.2, 0.25) is 0 Å². The molecule has 17 heavy (non-hydrogen) atoms. The van der Waals surface area contributed by atoms with E-state index in [1.165, 1.54) is 0 Å². The number of unbranched alkanes of at least 4 members (excludes halogenated alkanes) is 1. The fourth-order valence-electron chi connectivity index (χ4n) is 2.39. The zero-order chi connectivity index (χ0) is 13.3. The van der Waals surface area contributed by atoms with E-state index in [9.17, 15) is 14.7 Å². The molecule has 0 aromatic carbocycles. The van der Waals surface area contributed by atoms with Crippen LogP contribution in [-0.2, 0) is 9.59 Å². The van der Waals surface area contributed by atoms with Crippen LogP contribution in [-0.4, -0.2) is 22.2 Å². The van der Waals surface area contributed by atoms with Gasteiger partial charge in [-0.15, -0.1) is 0 Å². The van der Waals surface area contributed by atoms with Crippen molar-refractivity contribution in [2.75, 3.05) is 0 Å². The van der Waals surface area contributed by atoms with Gasteiger partial charge in [-0.25, -0.2) is 0 Å². The maximum Gasteiger partial charge on any atom is 0.309 e. The van der Waals surface area contributed by atoms with Gasteiger partial charge in [-0.05, 0) is 25.7 Å². The van der Waals surface area contributed by atoms with Crippen LogP contribution < -0.4 is 0 Å². The van der Waals surface area contributed by atoms with Gasteiger partial charge in [0.1, 0.15) is 0 Å². The predicted molar refractivity (Wildman–Crippen MR) is 66.0 cm³/mol. The molecule has 0 amide bonds. The van der Waals surface area contributed by atoms with Crippen molar-refractivity contribution in [2.45, 2.75) is 65.2 Å². The van der Waals surface area contributed by atoms with E-state index in [0.29, 0.717) is 32.1 Å². The predicted octanol–water partition coefficient (Wildman–Crippen LogP) is 3.30. The number of carboxylic acid groups (broad SMARTS) is 2. The van der Waals surface area contributed by atoms with Crippen molar-refractivity contribution in [3.8, 4) is 0 Å². The molecule has 0 saturated heterocycles. The summed E-state index contributed by atoms with van der Waals surface area (Å²) in [7, 11) is 0. The summed E-state index contributed by atoms with van der Waals surface area (Å²) in [6.45, 7) is 3.98. The largest absolute Gasteiger partial charge is 0.481 e. The van der Waals surface area contributed by atoms with Gasteiger partial charge in [0.25, 0.3) is 0 Å². The molecule has 0 radical (unpaired) electrons. The molecule has 0 spiro atoms. The Labute approximate surface area is 103 Å². The number of carboxylic acids is 2. The first-order valence-corrected chi connectivity index (χ1v) is 6.43. The average molecular weight is 244 g/mol. The summed E-state index contributed by atoms with van der Waals surface area (Å²) in [5, 5.41) is 17.9. The lowest BCUT2D eigenvalue weighted by Gasteiger charge is -2.28. The van der Waals surface area contributed by atoms with Crippen molar-refractivity contribution in [3.05, 3.63) is 0 Å². The van der Waals surface area contributed by atoms with Crippen LogP contribution in [0.5, 0.6) is 0 Å². The molecule has 0 bridgehead atoms. The van der Waals surface area contributed by atoms with Crippen LogP contribution in [0.2, 0.25) is 0 Å². The van der Waals surface area contributed by atoms with Gasteiger partial charge >= 0.3 is 11.9 Å². The summed E-state index contributed by atoms with van der Waals surface area (Å²) in [5.74, 6) is -1.53. The lowest BCUT2D eigenvalue weighted by atomic mass is 9.75. The fraction of sp³-hybridized carbons (Fsp3) is 0.846. The van der Waals surface area contributed by atoms with Crippen LogP contribution in [0.1, 0.15) is 65.2 Å². The zero-order valence-corrected chi connectivity index (χ0v) is 10.9. The van der Waals surface area contributed by atoms with Gasteiger partial charge in [0, 0.05) is 6.42 Å². The van der Waals surface area contributed by atoms with E-state index in [-0.39, 0.29) is 6.42 Å². The molecule has 100 valence electrons. The monoisotopic (exact) mass is 244 g/mol. The van der Waals surface area contributed by atoms with E-state index in [2.05, 4.69) is 0 Å². The minimum atomic E-state index is -0.808. The van der Waals surface area contributed by atoms with Gasteiger partial charge in [0.05, 0.1) is 5.41 Å². The highest BCUT2D eigenvalue weighted by Gasteiger charge is 2.35. The quantitative estimate of drug-likeness (QED) is 0.578. The van der Waals surface area contributed by atoms with Gasteiger partial charge in [0.15, 0.2) is 0 Å². The molecule has 0 fully saturated rings. The second-order valence-corrected chi connectivity index (χ2v) is 4.69. The van der Waals surface area contributed by atoms with Crippen molar-refractivity contribution in [1.29, 1.82) is 0 Å². The maximum absolute atomic E-state index is 11.4. The fourth-order valence-corrected chi connectivity index (χ4v) is 2.39. The van der Waals surface area contributed by atoms with Crippen LogP contribution in [0, 0.1) is 5.41 Å². The third-order valence-corrected chi connectivity index (χ3v) is 3.21. The van der Waals surface area contributed by atoms with Gasteiger partial charge in [-0.3, -0.25) is 9.59 Å². The van der Waals surface area contributed by atoms with Crippen LogP contribution in [0.15, 0.2) is 0 Å². The number of hydrogen-bond donors (Lipinski definition) is 2. The van der Waals surface area contributed by atoms with Crippen LogP contribution >= 0.6 is 0 Å². The number of aliphatic carboxylic acids is 2. The lowest BCUT2D eigenvalue weighted by Crippen LogP contribution is -2.31. The molecule has 0 aliphatic rings. The number of rotatable bonds is 10. The lowest BCUT2D eigenvalue weighted by molar-refractivity contribution is -0.150. The van der Waals surface area contributed by atoms with Crippen LogP contribution in [0.25, 0.3) is 0 Å². The van der Waals surface area contributed by atoms with E-state index in [1.807, 2.05) is 13.8 Å². The minimum absolute atomic E-state index is 0.133. The first-order chi connectivity index (χ1) is 7.98. The molecule has 0 aliphatic carbocycles. The first kappa shape index (κ1) is 15.9. The van der Waals surface area contributed by atoms with Crippen molar-refractivity contribution in [3.63, 3.8) is 0 Å². The Bertz CT molecular complexity index is 242. The molecule has 2 N–H and O–H groups in total. The van der Waals surface area contributed by atoms with Crippen molar-refractivity contribution < 1.29 is 19.8 Å². The molecule has 0 heterocycles. The molecule has 4 heteroatoms. The SMILES string of the molecule is CCCC(CCC)(CCCCC(=O)O)C(=O)O. The molecular weight excluding hydrogens is 220 g/mol. The normalized spacial score (nSPS) is 11.4. The third-order valence-electron chi connectivity index (χ3n) is 3.21. The highest BCUT2D eigenvalue weighted by Crippen LogP contribution is 2.36. The van der Waals surface area contributed by atoms with E-state index < -0.39 is 17.4 Å². The standard InChI is InChI=1S/C13H24O4/c1-3-8-13(9-4-2,12(16)17)10-6-5-7-11(14)15/h3-10H2,1-2H3,(H,14,15)(H,16,17). The van der Waals surface area contributed by atoms with Crippen molar-refractivity contribution in [2.24, 2.45) is 5.41 Å². The highest BCUT2D eigenvalue weighted by atomic mass is 16.4. The molecule has 0 unspecified atom stereocenters. The summed E-state index contributed by atoms with van der Waals surface area (Å²) >= 11 is 0. The van der Waals surface area contributed by atoms with E-state index in [0.717, 1.165) is 12.8 Å². The minimum Gasteiger partial charge on any atom is -0.481 e. The molecule has 0 aromatic rings. The van der Waals surface area contributed by atoms with Gasteiger partial charge in [-0.1, -0.05) is 33.1 Å². The topological polar surface area (TPSA) is 74.6 Å². The Morgan fingerprint density at radius 3 is 1.82 bits per heavy atom. The molecule has 0 atom stereocenters. The Morgan fingerprint density at radius 1 is 0.941 bits per heavy atom. The molecular formula is C13H24O4. The van der Waals surface area contributed by atoms with Crippen LogP contribution in [0.3, 0.4) is 0 Å². The van der Waals surface area contributed by atoms with Crippen LogP contribution in [0.4, 0.5) is 0 Å². The number of hydrogen-bond acceptors (Lipinski definition) is 2. The Kier molecular flexibility index (Phi) is 7.59. The molecule has 0 rings (SSSR count). The van der Waals surface area contributed by atoms with E-state index in [4.69, 9.17) is 5.11 Å². The smallest absolute Gasteiger partial charge is 0.309 e. The first-order valence-electron chi connectivity index (χ1n) is 6.43. The van der Waals surface area contributed by atoms with E-state index in [1.54, 1.807) is 0 Å². The Morgan fingerprint density at radius 2 is 1.47 bits per heavy atom. The number of carbonyl (C=O) groups is 2. The summed E-state index contributed by atoms with van der Waals surface area (Å²) < 4.78 is 0. The summed E-state index contributed by atoms with van der Waals surface area (Å²) in [5.41, 5.74) is -0.637. The van der Waals surface area contributed by atoms with E-state index >= 15 is 0 Å². The molecule has 4 nitrogen and oxygen atoms in total. The van der Waals surface area contributed by atoms with Crippen molar-refractivity contribution in [1.82, 2.24) is 0 Å². The second-order valence-electron chi connectivity index (χ2n) is 4.69. The maximum atomic E-state index is 11.4. The zero-order valence-electron chi connectivity index (χ0n) is 10.9. The average Bonchev–Trinajstić information content (AvgIpc) is 2.24. The van der Waals surface area contributed by atoms with Gasteiger partial charge < -0.3 is 10.2 Å². The Hall–Kier alpha value is -1.06.